The van der Waals surface area contributed by atoms with E-state index in [0.717, 1.165) is 80.3 Å². The van der Waals surface area contributed by atoms with Crippen LogP contribution >= 0.6 is 0 Å². The molecule has 8 heterocycles. The maximum Gasteiger partial charge on any atom is 0.416 e. The fourth-order valence-electron chi connectivity index (χ4n) is 17.9. The predicted molar refractivity (Wildman–Crippen MR) is 511 cm³/mol. The largest absolute Gasteiger partial charge is 0.416 e. The summed E-state index contributed by atoms with van der Waals surface area (Å²) in [6.07, 6.45) is -5.43. The van der Waals surface area contributed by atoms with Gasteiger partial charge in [-0.2, -0.15) is 13.2 Å². The van der Waals surface area contributed by atoms with E-state index in [1.165, 1.54) is 66.7 Å². The van der Waals surface area contributed by atoms with Gasteiger partial charge in [0.25, 0.3) is 48.8 Å². The minimum absolute atomic E-state index is 0.00721. The molecular formula is C100H109F9N18O14. The Balaban J connectivity index is 0.000000142. The molecule has 8 N–H and O–H groups in total. The molecule has 0 unspecified atom stereocenters. The van der Waals surface area contributed by atoms with Crippen LogP contribution in [0, 0.1) is 0 Å². The Morgan fingerprint density at radius 1 is 0.390 bits per heavy atom. The van der Waals surface area contributed by atoms with Gasteiger partial charge in [0.15, 0.2) is 0 Å². The first-order valence-corrected chi connectivity index (χ1v) is 46.6. The summed E-state index contributed by atoms with van der Waals surface area (Å²) in [6, 6.07) is 42.7. The SMILES string of the molecule is CC1(C)C(=O)N(c2ccc3c(c2)nc(NC(=O)c2cccc(C(F)(F)F)c2)n3CCCO)CCN1C1CC1.CC1(C)C(=O)N(c2ccc3c(c2)nc(NC(=O)c2cccc(C(F)F)c2)n3CCCO)CCN1C1CC1.O=C(Nc1nc2cc(N3CCCOCC3=O)ccc2n1CCCO)c1cccc(C(F)F)c1.O=C(Nc1nc2cc(N3CCOCCC3=O)ccc2n1CCCO)c1cccc(C(F)F)c1. The van der Waals surface area contributed by atoms with Crippen LogP contribution in [0.3, 0.4) is 0 Å². The lowest BCUT2D eigenvalue weighted by Crippen LogP contribution is -2.63. The summed E-state index contributed by atoms with van der Waals surface area (Å²) < 4.78 is 135. The highest BCUT2D eigenvalue weighted by Gasteiger charge is 2.50. The third-order valence-corrected chi connectivity index (χ3v) is 25.4. The van der Waals surface area contributed by atoms with E-state index in [4.69, 9.17) is 9.47 Å². The molecule has 0 bridgehead atoms. The van der Waals surface area contributed by atoms with E-state index in [2.05, 4.69) is 51.0 Å². The third-order valence-electron chi connectivity index (χ3n) is 25.4. The number of hydrogen-bond donors (Lipinski definition) is 8. The van der Waals surface area contributed by atoms with Crippen molar-refractivity contribution in [2.75, 3.05) is 133 Å². The molecule has 8 amide bonds. The van der Waals surface area contributed by atoms with Crippen molar-refractivity contribution >= 4 is 138 Å². The van der Waals surface area contributed by atoms with Crippen LogP contribution in [0.1, 0.15) is 175 Å². The number of fused-ring (bicyclic) bond motifs is 4. The number of benzene rings is 8. The molecule has 4 aromatic heterocycles. The molecule has 0 atom stereocenters. The number of imidazole rings is 4. The number of anilines is 8. The minimum atomic E-state index is -4.57. The molecule has 18 rings (SSSR count). The van der Waals surface area contributed by atoms with Crippen LogP contribution in [0.25, 0.3) is 44.1 Å². The molecule has 2 aliphatic carbocycles. The monoisotopic (exact) mass is 1960 g/mol. The Hall–Kier alpha value is -13.6. The Labute approximate surface area is 804 Å². The van der Waals surface area contributed by atoms with Gasteiger partial charge >= 0.3 is 6.18 Å². The van der Waals surface area contributed by atoms with E-state index in [1.54, 1.807) is 80.3 Å². The lowest BCUT2D eigenvalue weighted by atomic mass is 9.96. The zero-order valence-electron chi connectivity index (χ0n) is 77.9. The number of carbonyl (C=O) groups excluding carboxylic acids is 8. The van der Waals surface area contributed by atoms with E-state index in [0.29, 0.717) is 178 Å². The van der Waals surface area contributed by atoms with Crippen molar-refractivity contribution in [3.8, 4) is 0 Å². The zero-order chi connectivity index (χ0) is 100. The summed E-state index contributed by atoms with van der Waals surface area (Å²) in [5, 5.41) is 48.1. The molecule has 0 spiro atoms. The fraction of sp³-hybridized carbons (Fsp3) is 0.400. The fourth-order valence-corrected chi connectivity index (χ4v) is 17.9. The van der Waals surface area contributed by atoms with Gasteiger partial charge in [-0.15, -0.1) is 0 Å². The lowest BCUT2D eigenvalue weighted by Gasteiger charge is -2.46. The van der Waals surface area contributed by atoms with Gasteiger partial charge in [-0.25, -0.2) is 46.3 Å². The first-order chi connectivity index (χ1) is 67.6. The lowest BCUT2D eigenvalue weighted by molar-refractivity contribution is -0.137. The number of alkyl halides is 9. The Bertz CT molecular complexity index is 6410. The smallest absolute Gasteiger partial charge is 0.396 e. The van der Waals surface area contributed by atoms with Crippen LogP contribution in [-0.2, 0) is 61.0 Å². The molecule has 4 aliphatic heterocycles. The van der Waals surface area contributed by atoms with E-state index >= 15 is 0 Å². The van der Waals surface area contributed by atoms with Crippen LogP contribution in [0.15, 0.2) is 170 Å². The van der Waals surface area contributed by atoms with Crippen molar-refractivity contribution in [3.63, 3.8) is 0 Å². The number of aryl methyl sites for hydroxylation is 4. The van der Waals surface area contributed by atoms with Crippen molar-refractivity contribution in [3.05, 3.63) is 214 Å². The van der Waals surface area contributed by atoms with Gasteiger partial charge in [0, 0.05) is 172 Å². The van der Waals surface area contributed by atoms with Gasteiger partial charge in [0.1, 0.15) is 6.61 Å². The van der Waals surface area contributed by atoms with Crippen LogP contribution in [0.2, 0.25) is 0 Å². The molecule has 12 aromatic rings. The van der Waals surface area contributed by atoms with Gasteiger partial charge in [-0.05, 0) is 213 Å². The number of nitrogens with one attached hydrogen (secondary N) is 4. The summed E-state index contributed by atoms with van der Waals surface area (Å²) in [4.78, 5) is 133. The van der Waals surface area contributed by atoms with Gasteiger partial charge < -0.3 is 67.8 Å². The number of aliphatic hydroxyl groups excluding tert-OH is 4. The molecule has 4 saturated heterocycles. The number of rotatable bonds is 29. The van der Waals surface area contributed by atoms with Gasteiger partial charge in [0.05, 0.1) is 80.4 Å². The first-order valence-electron chi connectivity index (χ1n) is 46.6. The van der Waals surface area contributed by atoms with Crippen molar-refractivity contribution in [2.24, 2.45) is 0 Å². The van der Waals surface area contributed by atoms with E-state index < -0.39 is 65.7 Å². The Morgan fingerprint density at radius 2 is 0.716 bits per heavy atom. The number of amides is 8. The van der Waals surface area contributed by atoms with Crippen molar-refractivity contribution in [1.29, 1.82) is 0 Å². The number of carbonyl (C=O) groups is 8. The summed E-state index contributed by atoms with van der Waals surface area (Å²) in [7, 11) is 0. The van der Waals surface area contributed by atoms with E-state index in [1.807, 2.05) is 58.0 Å². The Kier molecular flexibility index (Phi) is 32.2. The summed E-state index contributed by atoms with van der Waals surface area (Å²) in [6.45, 7) is 14.1. The number of ether oxygens (including phenoxy) is 2. The highest BCUT2D eigenvalue weighted by atomic mass is 19.4. The molecule has 2 saturated carbocycles. The van der Waals surface area contributed by atoms with Crippen LogP contribution < -0.4 is 40.9 Å². The number of aliphatic hydroxyl groups is 4. The Morgan fingerprint density at radius 3 is 1.04 bits per heavy atom. The number of halogens is 9. The molecule has 8 aromatic carbocycles. The van der Waals surface area contributed by atoms with Crippen LogP contribution in [0.4, 0.5) is 86.1 Å². The molecule has 141 heavy (non-hydrogen) atoms. The predicted octanol–water partition coefficient (Wildman–Crippen LogP) is 15.2. The summed E-state index contributed by atoms with van der Waals surface area (Å²) in [5.41, 5.74) is 5.07. The maximum atomic E-state index is 13.4. The molecule has 6 aliphatic rings. The van der Waals surface area contributed by atoms with Gasteiger partial charge in [0.2, 0.25) is 41.5 Å². The van der Waals surface area contributed by atoms with Gasteiger partial charge in [-0.1, -0.05) is 42.5 Å². The van der Waals surface area contributed by atoms with Crippen molar-refractivity contribution in [2.45, 2.75) is 167 Å². The van der Waals surface area contributed by atoms with Crippen molar-refractivity contribution < 1.29 is 108 Å². The van der Waals surface area contributed by atoms with Crippen molar-refractivity contribution in [1.82, 2.24) is 48.0 Å². The highest BCUT2D eigenvalue weighted by Crippen LogP contribution is 2.42. The standard InChI is InChI=1S/C27H30F3N5O3.C27H31F2N5O3.2C23H24F2N4O4/c1-26(2)24(38)33(12-13-35(26)19-7-8-19)20-9-10-22-21(16-20)31-25(34(22)11-4-14-36)32-23(37)17-5-3-6-18(15-17)27(28,29)30;1-27(2)25(37)32(12-13-34(27)19-7-8-19)20-9-10-22-21(16-20)30-26(33(22)11-4-14-35)31-24(36)18-6-3-5-17(15-18)23(28)29;24-21(25)15-4-1-5-16(12-15)22(32)27-23-26-18-13-17(28-9-3-11-33-14-20(28)31)6-7-19(18)29(23)8-2-10-30;24-21(25)15-3-1-4-16(13-15)22(32)27-23-26-18-14-17(28-9-12-33-11-7-20(28)31)5-6-19(18)29(23)8-2-10-30/h3,5-6,9-10,15-16,19,36H,4,7-8,11-14H2,1-2H3,(H,31,32,37);3,5-6,9-10,15-16,19,23,35H,4,7-8,11-14H2,1-2H3,(H,30,31,36);1,4-7,12-13,21,30H,2-3,8-11,14H2,(H,26,27,32);1,3-6,13-14,21,30H,2,7-12H2,(H,26,27,32). The molecule has 41 heteroatoms. The van der Waals surface area contributed by atoms with E-state index in [9.17, 15) is 98.3 Å². The average Bonchev–Trinajstić information content (AvgIpc) is 1.68. The molecule has 32 nitrogen and oxygen atoms in total. The van der Waals surface area contributed by atoms with Gasteiger partial charge in [-0.3, -0.25) is 69.4 Å². The number of piperazine rings is 2. The summed E-state index contributed by atoms with van der Waals surface area (Å²) in [5.74, 6) is -1.71. The number of aromatic nitrogens is 8. The first kappa shape index (κ1) is 102. The van der Waals surface area contributed by atoms with E-state index in [-0.39, 0.29) is 119 Å². The topological polar surface area (TPSA) is 375 Å². The van der Waals surface area contributed by atoms with Crippen LogP contribution in [-0.4, -0.2) is 231 Å². The maximum absolute atomic E-state index is 13.4. The average molecular weight is 1960 g/mol. The summed E-state index contributed by atoms with van der Waals surface area (Å²) >= 11 is 0. The second-order valence-corrected chi connectivity index (χ2v) is 35.8. The number of nitrogens with zero attached hydrogens (tertiary/aromatic N) is 14. The molecular weight excluding hydrogens is 1850 g/mol. The normalized spacial score (nSPS) is 16.5. The molecule has 746 valence electrons. The minimum Gasteiger partial charge on any atom is -0.396 e. The van der Waals surface area contributed by atoms with Crippen LogP contribution in [0.5, 0.6) is 0 Å². The number of hydrogen-bond acceptors (Lipinski definition) is 20. The second kappa shape index (κ2) is 44.5. The highest BCUT2D eigenvalue weighted by molar-refractivity contribution is 6.09. The second-order valence-electron chi connectivity index (χ2n) is 35.8. The quantitative estimate of drug-likeness (QED) is 0.0202. The molecule has 6 fully saturated rings. The zero-order valence-corrected chi connectivity index (χ0v) is 77.9. The molecule has 0 radical (unpaired) electrons. The third kappa shape index (κ3) is 23.5.